The van der Waals surface area contributed by atoms with E-state index >= 15 is 0 Å². The molecule has 15 aliphatic rings. The number of hydrogen-bond acceptors (Lipinski definition) is 15. The van der Waals surface area contributed by atoms with E-state index in [1.807, 2.05) is 18.2 Å². The van der Waals surface area contributed by atoms with E-state index in [4.69, 9.17) is 14.2 Å². The number of benzene rings is 3. The van der Waals surface area contributed by atoms with Gasteiger partial charge in [0, 0.05) is 72.8 Å². The summed E-state index contributed by atoms with van der Waals surface area (Å²) >= 11 is 0. The molecule has 9 fully saturated rings. The lowest BCUT2D eigenvalue weighted by atomic mass is 9.48. The van der Waals surface area contributed by atoms with Gasteiger partial charge in [0.1, 0.15) is 30.8 Å². The number of Topliss-reactive ketones (excluding diaryl/α,β-unsaturated/α-hetero) is 2. The average Bonchev–Trinajstić information content (AvgIpc) is 1.75. The van der Waals surface area contributed by atoms with Crippen LogP contribution in [0.3, 0.4) is 0 Å². The third kappa shape index (κ3) is 7.35. The SMILES string of the molecule is C.C.C.O=C1CC[C@@]2(O)[C@H]3Cc4ccc(O)c5c4[C@@]2(CCN3)[C@H]1O5.O=C1CC[C@@]2(O)[C@H]3Cc4ccc(O)c5c4[C@@]2(CC[N+]3=CC2CCC2)[C@H]1O5.O=CC1CCC1.Oc1ccc2c3c1O[C@H]1[C@@H](O)CC[C@@]4(O)[C@@H](C2)N(CC2CCC2)CC[C@]314. The van der Waals surface area contributed by atoms with Gasteiger partial charge >= 0.3 is 0 Å². The van der Waals surface area contributed by atoms with Gasteiger partial charge in [0.25, 0.3) is 0 Å². The number of aliphatic hydroxyl groups excluding tert-OH is 1. The largest absolute Gasteiger partial charge is 0.504 e. The van der Waals surface area contributed by atoms with Gasteiger partial charge in [0.2, 0.25) is 0 Å². The van der Waals surface area contributed by atoms with Crippen molar-refractivity contribution in [3.05, 3.63) is 69.8 Å². The lowest BCUT2D eigenvalue weighted by Crippen LogP contribution is -2.77. The molecule has 3 aromatic rings. The number of aldehydes is 1. The highest BCUT2D eigenvalue weighted by molar-refractivity contribution is 5.91. The molecule has 6 heterocycles. The number of phenolic OH excluding ortho intramolecular Hbond substituents is 3. The summed E-state index contributed by atoms with van der Waals surface area (Å²) < 4.78 is 20.5. The van der Waals surface area contributed by atoms with Gasteiger partial charge in [-0.2, -0.15) is 0 Å². The Bertz CT molecular complexity index is 3120. The van der Waals surface area contributed by atoms with Crippen LogP contribution in [0.5, 0.6) is 34.5 Å². The van der Waals surface area contributed by atoms with Crippen LogP contribution < -0.4 is 19.5 Å². The first kappa shape index (κ1) is 57.3. The van der Waals surface area contributed by atoms with Gasteiger partial charge < -0.3 is 60.1 Å². The van der Waals surface area contributed by atoms with E-state index in [0.717, 1.165) is 98.3 Å². The molecule has 8 N–H and O–H groups in total. The number of aliphatic hydroxyl groups is 4. The third-order valence-electron chi connectivity index (χ3n) is 23.5. The van der Waals surface area contributed by atoms with E-state index in [9.17, 15) is 50.1 Å². The zero-order valence-corrected chi connectivity index (χ0v) is 45.0. The molecule has 0 unspecified atom stereocenters. The maximum Gasteiger partial charge on any atom is 0.185 e. The van der Waals surface area contributed by atoms with Crippen molar-refractivity contribution in [3.8, 4) is 34.5 Å². The molecule has 3 aromatic carbocycles. The number of ketones is 2. The molecule has 13 atom stereocenters. The summed E-state index contributed by atoms with van der Waals surface area (Å²) in [6.45, 7) is 3.61. The van der Waals surface area contributed by atoms with Gasteiger partial charge in [-0.15, -0.1) is 0 Å². The predicted molar refractivity (Wildman–Crippen MR) is 307 cm³/mol. The Morgan fingerprint density at radius 1 is 0.610 bits per heavy atom. The number of nitrogens with one attached hydrogen (secondary N) is 1. The zero-order chi connectivity index (χ0) is 54.2. The van der Waals surface area contributed by atoms with Crippen LogP contribution in [0.1, 0.15) is 171 Å². The number of carbonyl (C=O) groups is 3. The van der Waals surface area contributed by atoms with Gasteiger partial charge in [-0.05, 0) is 144 Å². The molecule has 16 heteroatoms. The molecule has 444 valence electrons. The monoisotopic (exact) mass is 1130 g/mol. The number of carbonyl (C=O) groups excluding carboxylic acids is 3. The van der Waals surface area contributed by atoms with Gasteiger partial charge in [0.05, 0.1) is 33.6 Å². The van der Waals surface area contributed by atoms with Crippen LogP contribution >= 0.6 is 0 Å². The molecule has 18 rings (SSSR count). The Morgan fingerprint density at radius 2 is 1.16 bits per heavy atom. The van der Waals surface area contributed by atoms with Gasteiger partial charge in [0.15, 0.2) is 64.3 Å². The second-order valence-corrected chi connectivity index (χ2v) is 26.7. The van der Waals surface area contributed by atoms with Crippen LogP contribution in [-0.2, 0) is 49.9 Å². The first-order chi connectivity index (χ1) is 38.1. The first-order valence-corrected chi connectivity index (χ1v) is 30.1. The molecule has 6 saturated carbocycles. The second-order valence-electron chi connectivity index (χ2n) is 26.7. The van der Waals surface area contributed by atoms with E-state index in [1.54, 1.807) is 18.2 Å². The second kappa shape index (κ2) is 20.0. The Morgan fingerprint density at radius 3 is 1.72 bits per heavy atom. The van der Waals surface area contributed by atoms with Crippen molar-refractivity contribution >= 4 is 24.1 Å². The number of hydrogen-bond donors (Lipinski definition) is 8. The molecule has 0 radical (unpaired) electrons. The zero-order valence-electron chi connectivity index (χ0n) is 45.0. The molecule has 3 spiro atoms. The lowest BCUT2D eigenvalue weighted by Gasteiger charge is -2.64. The van der Waals surface area contributed by atoms with Gasteiger partial charge in [-0.3, -0.25) is 14.5 Å². The fourth-order valence-electron chi connectivity index (χ4n) is 19.0. The van der Waals surface area contributed by atoms with Crippen molar-refractivity contribution in [1.29, 1.82) is 0 Å². The van der Waals surface area contributed by atoms with Crippen LogP contribution in [0.2, 0.25) is 0 Å². The minimum absolute atomic E-state index is 0. The smallest absolute Gasteiger partial charge is 0.185 e. The minimum atomic E-state index is -0.976. The number of piperidine rings is 3. The van der Waals surface area contributed by atoms with Crippen molar-refractivity contribution in [2.75, 3.05) is 26.2 Å². The molecule has 82 heavy (non-hydrogen) atoms. The quantitative estimate of drug-likeness (QED) is 0.100. The minimum Gasteiger partial charge on any atom is -0.504 e. The van der Waals surface area contributed by atoms with E-state index in [0.29, 0.717) is 86.9 Å². The van der Waals surface area contributed by atoms with Crippen molar-refractivity contribution in [1.82, 2.24) is 10.2 Å². The Hall–Kier alpha value is -5.10. The number of phenols is 3. The third-order valence-corrected chi connectivity index (χ3v) is 23.5. The van der Waals surface area contributed by atoms with Crippen molar-refractivity contribution in [2.45, 2.75) is 233 Å². The maximum atomic E-state index is 12.7. The molecule has 0 aromatic heterocycles. The van der Waals surface area contributed by atoms with Crippen LogP contribution in [0.4, 0.5) is 0 Å². The molecular formula is C66H88N3O13+. The normalized spacial score (nSPS) is 39.5. The van der Waals surface area contributed by atoms with Crippen molar-refractivity contribution < 1.29 is 68.9 Å². The van der Waals surface area contributed by atoms with Crippen molar-refractivity contribution in [3.63, 3.8) is 0 Å². The molecule has 16 nitrogen and oxygen atoms in total. The summed E-state index contributed by atoms with van der Waals surface area (Å²) in [5.41, 5.74) is 1.41. The van der Waals surface area contributed by atoms with E-state index in [2.05, 4.69) is 21.0 Å². The van der Waals surface area contributed by atoms with Crippen molar-refractivity contribution in [2.24, 2.45) is 17.8 Å². The lowest BCUT2D eigenvalue weighted by molar-refractivity contribution is -0.607. The van der Waals surface area contributed by atoms with Crippen LogP contribution in [0.25, 0.3) is 0 Å². The fraction of sp³-hybridized carbons (Fsp3) is 0.667. The molecule has 6 aliphatic heterocycles. The highest BCUT2D eigenvalue weighted by Crippen LogP contribution is 2.68. The molecule has 3 saturated heterocycles. The fourth-order valence-corrected chi connectivity index (χ4v) is 19.0. The summed E-state index contributed by atoms with van der Waals surface area (Å²) in [4.78, 5) is 37.5. The van der Waals surface area contributed by atoms with Gasteiger partial charge in [-0.1, -0.05) is 59.7 Å². The van der Waals surface area contributed by atoms with E-state index < -0.39 is 57.5 Å². The summed E-state index contributed by atoms with van der Waals surface area (Å²) in [5, 5.41) is 80.6. The van der Waals surface area contributed by atoms with Crippen LogP contribution in [-0.4, -0.2) is 155 Å². The first-order valence-electron chi connectivity index (χ1n) is 30.1. The van der Waals surface area contributed by atoms with E-state index in [1.165, 1.54) is 50.5 Å². The number of ether oxygens (including phenoxy) is 3. The molecular weight excluding hydrogens is 1040 g/mol. The maximum absolute atomic E-state index is 12.7. The van der Waals surface area contributed by atoms with E-state index in [-0.39, 0.29) is 69.2 Å². The highest BCUT2D eigenvalue weighted by atomic mass is 16.5. The molecule has 0 amide bonds. The summed E-state index contributed by atoms with van der Waals surface area (Å²) in [6.07, 6.45) is 19.6. The molecule has 6 bridgehead atoms. The highest BCUT2D eigenvalue weighted by Gasteiger charge is 2.77. The summed E-state index contributed by atoms with van der Waals surface area (Å²) in [7, 11) is 0. The van der Waals surface area contributed by atoms with Gasteiger partial charge in [-0.25, -0.2) is 4.58 Å². The Labute approximate surface area is 482 Å². The Kier molecular flexibility index (Phi) is 14.0. The number of aromatic hydroxyl groups is 3. The number of likely N-dealkylation sites (tertiary alicyclic amines) is 1. The summed E-state index contributed by atoms with van der Waals surface area (Å²) in [6, 6.07) is 10.9. The molecule has 9 aliphatic carbocycles. The summed E-state index contributed by atoms with van der Waals surface area (Å²) in [5.74, 6) is 3.62. The predicted octanol–water partition coefficient (Wildman–Crippen LogP) is 6.70. The topological polar surface area (TPSA) is 239 Å². The number of rotatable bonds is 4. The average molecular weight is 1130 g/mol. The Balaban J connectivity index is 0.000000114. The number of nitrogens with zero attached hydrogens (tertiary/aromatic N) is 2. The van der Waals surface area contributed by atoms with Crippen LogP contribution in [0.15, 0.2) is 36.4 Å². The standard InChI is InChI=1S/C21H27NO4.C21H23NO4.C16H17NO4.C5H8O.3CH4/c2*23-14-5-4-13-10-16-21(25)7-6-15(24)19-20(21,17(13)18(14)26-19)8-9-22(16)11-12-2-1-3-12;18-9-2-1-8-7-11-16(20)4-3-10(19)14-15(16,5-6-17-11)12(8)13(9)21-14;6-4-5-2-1-3-5;;;/h4-5,12,15-16,19,23-25H,1-3,6-11H2;4-5,11-12,16,19,25H,1-3,6-10H2;1-2,11,14,17-18,20H,3-7H2;4-5H,1-3H2;3*1H4/p+1/t15-,16+,19-,20-,21+;16-,19+,20+,21-;11-,14+,15+,16-;;;;/m011..../s1. The van der Waals surface area contributed by atoms with Crippen LogP contribution in [0, 0.1) is 17.8 Å².